The van der Waals surface area contributed by atoms with E-state index in [9.17, 15) is 15.0 Å². The van der Waals surface area contributed by atoms with Gasteiger partial charge < -0.3 is 20.3 Å². The summed E-state index contributed by atoms with van der Waals surface area (Å²) in [5, 5.41) is 24.6. The number of carboxylic acid groups (broad SMARTS) is 1. The number of hydrogen-bond acceptors (Lipinski definition) is 7. The maximum atomic E-state index is 11.7. The van der Waals surface area contributed by atoms with Crippen LogP contribution in [0, 0.1) is 11.8 Å². The summed E-state index contributed by atoms with van der Waals surface area (Å²) in [6.07, 6.45) is 12.5. The first-order valence-corrected chi connectivity index (χ1v) is 17.3. The molecule has 0 amide bonds. The lowest BCUT2D eigenvalue weighted by Crippen LogP contribution is -2.15. The minimum absolute atomic E-state index is 0.0215. The quantitative estimate of drug-likeness (QED) is 0.197. The van der Waals surface area contributed by atoms with Crippen LogP contribution in [0.2, 0.25) is 0 Å². The second kappa shape index (κ2) is 13.2. The molecule has 1 aliphatic carbocycles. The molecule has 8 bridgehead atoms. The molecule has 3 atom stereocenters. The van der Waals surface area contributed by atoms with Gasteiger partial charge in [-0.25, -0.2) is 15.0 Å². The van der Waals surface area contributed by atoms with Gasteiger partial charge >= 0.3 is 5.97 Å². The van der Waals surface area contributed by atoms with Crippen LogP contribution in [0.1, 0.15) is 99.8 Å². The van der Waals surface area contributed by atoms with E-state index in [1.807, 2.05) is 13.0 Å². The number of aliphatic hydroxyl groups is 1. The Morgan fingerprint density at radius 1 is 1.00 bits per heavy atom. The second-order valence-electron chi connectivity index (χ2n) is 13.5. The van der Waals surface area contributed by atoms with Crippen molar-refractivity contribution in [3.63, 3.8) is 0 Å². The molecule has 6 aliphatic rings. The van der Waals surface area contributed by atoms with Crippen LogP contribution < -0.4 is 5.32 Å². The Labute approximate surface area is 278 Å². The van der Waals surface area contributed by atoms with Gasteiger partial charge in [-0.15, -0.1) is 0 Å². The van der Waals surface area contributed by atoms with Crippen molar-refractivity contribution < 1.29 is 19.7 Å². The normalized spacial score (nSPS) is 24.1. The van der Waals surface area contributed by atoms with Crippen molar-refractivity contribution in [1.29, 1.82) is 0 Å². The second-order valence-corrected chi connectivity index (χ2v) is 13.5. The summed E-state index contributed by atoms with van der Waals surface area (Å²) in [5.74, 6) is -0.553. The average Bonchev–Trinajstić information content (AvgIpc) is 3.78. The number of allylic oxidation sites excluding steroid dienone is 11. The molecule has 0 spiro atoms. The number of carboxylic acids is 1. The van der Waals surface area contributed by atoms with Crippen molar-refractivity contribution >= 4 is 23.1 Å². The fourth-order valence-corrected chi connectivity index (χ4v) is 7.79. The highest BCUT2D eigenvalue weighted by Crippen LogP contribution is 2.46. The molecule has 1 fully saturated rings. The smallest absolute Gasteiger partial charge is 0.303 e. The highest BCUT2D eigenvalue weighted by Gasteiger charge is 2.41. The van der Waals surface area contributed by atoms with Gasteiger partial charge in [0.15, 0.2) is 0 Å². The molecule has 8 heteroatoms. The van der Waals surface area contributed by atoms with Crippen LogP contribution in [-0.4, -0.2) is 46.0 Å². The van der Waals surface area contributed by atoms with Gasteiger partial charge in [-0.2, -0.15) is 0 Å². The largest absolute Gasteiger partial charge is 0.511 e. The zero-order valence-corrected chi connectivity index (χ0v) is 28.9. The number of aliphatic hydroxyl groups excluding tert-OH is 1. The third-order valence-electron chi connectivity index (χ3n) is 10.5. The lowest BCUT2D eigenvalue weighted by Gasteiger charge is -2.17. The highest BCUT2D eigenvalue weighted by atomic mass is 16.5. The molecule has 0 radical (unpaired) electrons. The lowest BCUT2D eigenvalue weighted by atomic mass is 9.86. The molecule has 0 aromatic rings. The number of nitrogens with one attached hydrogen (secondary N) is 1. The van der Waals surface area contributed by atoms with Gasteiger partial charge in [0.1, 0.15) is 5.76 Å². The van der Waals surface area contributed by atoms with E-state index in [1.165, 1.54) is 18.4 Å². The maximum absolute atomic E-state index is 11.7. The Morgan fingerprint density at radius 3 is 2.47 bits per heavy atom. The molecule has 0 aromatic heterocycles. The molecule has 0 aromatic carbocycles. The lowest BCUT2D eigenvalue weighted by molar-refractivity contribution is -0.137. The number of aliphatic carboxylic acids is 1. The number of carbonyl (C=O) groups is 1. The van der Waals surface area contributed by atoms with Crippen LogP contribution >= 0.6 is 0 Å². The topological polar surface area (TPSA) is 116 Å². The number of ether oxygens (including phenoxy) is 1. The molecular formula is C39H48N4O4. The average molecular weight is 637 g/mol. The predicted octanol–water partition coefficient (Wildman–Crippen LogP) is 8.51. The summed E-state index contributed by atoms with van der Waals surface area (Å²) >= 11 is 0. The van der Waals surface area contributed by atoms with Gasteiger partial charge in [0.2, 0.25) is 0 Å². The number of fused-ring (bicyclic) bond motifs is 5. The van der Waals surface area contributed by atoms with Gasteiger partial charge in [0.25, 0.3) is 0 Å². The van der Waals surface area contributed by atoms with Crippen molar-refractivity contribution in [1.82, 2.24) is 5.32 Å². The standard InChI is InChI=1S/C39H48N4O4/c1-8-10-11-12-15-47-24(7)36-22(5)30-17-29-21(4)26(13-14-35(45)46)38(42-29)27-16-34(44)37-23(6)31(43-39(27)37)18-32-25(9-2)20(3)28(40-32)19-33(36)41-30/h17-19,21,24,26,42,44H,8-16H2,1-7H3,(H,45,46)/t21-,24-,26-/m0/s1. The molecule has 248 valence electrons. The molecule has 1 saturated heterocycles. The summed E-state index contributed by atoms with van der Waals surface area (Å²) < 4.78 is 6.42. The highest BCUT2D eigenvalue weighted by molar-refractivity contribution is 6.21. The molecule has 3 N–H and O–H groups in total. The molecule has 6 rings (SSSR count). The van der Waals surface area contributed by atoms with Crippen LogP contribution in [0.15, 0.2) is 106 Å². The van der Waals surface area contributed by atoms with E-state index in [1.54, 1.807) is 0 Å². The van der Waals surface area contributed by atoms with Crippen molar-refractivity contribution in [2.45, 2.75) is 106 Å². The summed E-state index contributed by atoms with van der Waals surface area (Å²) in [6.45, 7) is 15.6. The molecule has 47 heavy (non-hydrogen) atoms. The van der Waals surface area contributed by atoms with Crippen molar-refractivity contribution in [3.8, 4) is 0 Å². The molecule has 0 unspecified atom stereocenters. The number of nitrogens with zero attached hydrogens (tertiary/aromatic N) is 3. The van der Waals surface area contributed by atoms with Crippen molar-refractivity contribution in [2.24, 2.45) is 26.8 Å². The van der Waals surface area contributed by atoms with E-state index in [0.29, 0.717) is 25.2 Å². The Morgan fingerprint density at radius 2 is 1.74 bits per heavy atom. The first-order chi connectivity index (χ1) is 22.5. The fourth-order valence-electron chi connectivity index (χ4n) is 7.79. The third kappa shape index (κ3) is 5.97. The Hall–Kier alpha value is -4.04. The monoisotopic (exact) mass is 636 g/mol. The van der Waals surface area contributed by atoms with E-state index in [4.69, 9.17) is 19.7 Å². The van der Waals surface area contributed by atoms with E-state index in [0.717, 1.165) is 98.3 Å². The van der Waals surface area contributed by atoms with Gasteiger partial charge in [0, 0.05) is 59.4 Å². The molecule has 5 heterocycles. The minimum atomic E-state index is -0.816. The van der Waals surface area contributed by atoms with Crippen LogP contribution in [0.25, 0.3) is 0 Å². The maximum Gasteiger partial charge on any atom is 0.303 e. The van der Waals surface area contributed by atoms with Crippen LogP contribution in [0.5, 0.6) is 0 Å². The summed E-state index contributed by atoms with van der Waals surface area (Å²) in [5.41, 5.74) is 14.1. The summed E-state index contributed by atoms with van der Waals surface area (Å²) in [6, 6.07) is 0. The minimum Gasteiger partial charge on any atom is -0.511 e. The molecule has 8 nitrogen and oxygen atoms in total. The first kappa shape index (κ1) is 32.9. The van der Waals surface area contributed by atoms with Crippen molar-refractivity contribution in [3.05, 3.63) is 91.5 Å². The van der Waals surface area contributed by atoms with Crippen LogP contribution in [-0.2, 0) is 9.53 Å². The van der Waals surface area contributed by atoms with Gasteiger partial charge in [-0.05, 0) is 87.5 Å². The number of unbranched alkanes of at least 4 members (excludes halogenated alkanes) is 3. The van der Waals surface area contributed by atoms with E-state index >= 15 is 0 Å². The van der Waals surface area contributed by atoms with Crippen LogP contribution in [0.3, 0.4) is 0 Å². The number of rotatable bonds is 11. The van der Waals surface area contributed by atoms with E-state index < -0.39 is 5.97 Å². The predicted molar refractivity (Wildman–Crippen MR) is 188 cm³/mol. The zero-order valence-electron chi connectivity index (χ0n) is 28.9. The number of aliphatic imine (C=N–C) groups is 3. The van der Waals surface area contributed by atoms with Gasteiger partial charge in [-0.1, -0.05) is 40.0 Å². The number of hydrogen-bond donors (Lipinski definition) is 3. The Balaban J connectivity index is 1.52. The van der Waals surface area contributed by atoms with Gasteiger partial charge in [0.05, 0.1) is 40.3 Å². The summed E-state index contributed by atoms with van der Waals surface area (Å²) in [4.78, 5) is 27.2. The van der Waals surface area contributed by atoms with Crippen molar-refractivity contribution in [2.75, 3.05) is 6.61 Å². The fraction of sp³-hybridized carbons (Fsp3) is 0.487. The molecular weight excluding hydrogens is 588 g/mol. The van der Waals surface area contributed by atoms with E-state index in [2.05, 4.69) is 59.0 Å². The van der Waals surface area contributed by atoms with E-state index in [-0.39, 0.29) is 24.4 Å². The SMILES string of the molecule is CCCCCCO[C@@H](C)C1=C(C)C2=NC1=CC1=NC(=CC3=C(C)C4=C(O)CC(=C5NC(=C2)[C@@H](C)[C@@H]5CCC(=O)O)C4=N3)C(CC)=C1C. The Kier molecular flexibility index (Phi) is 9.25. The zero-order chi connectivity index (χ0) is 33.6. The Bertz CT molecular complexity index is 1770. The molecule has 5 aliphatic heterocycles. The summed E-state index contributed by atoms with van der Waals surface area (Å²) in [7, 11) is 0. The first-order valence-electron chi connectivity index (χ1n) is 17.3. The van der Waals surface area contributed by atoms with Gasteiger partial charge in [-0.3, -0.25) is 4.79 Å². The van der Waals surface area contributed by atoms with Crippen LogP contribution in [0.4, 0.5) is 0 Å². The molecule has 0 saturated carbocycles. The third-order valence-corrected chi connectivity index (χ3v) is 10.5.